The van der Waals surface area contributed by atoms with Crippen LogP contribution in [-0.2, 0) is 22.9 Å². The van der Waals surface area contributed by atoms with Crippen LogP contribution >= 0.6 is 0 Å². The topological polar surface area (TPSA) is 66.9 Å². The number of rotatable bonds is 5. The summed E-state index contributed by atoms with van der Waals surface area (Å²) in [7, 11) is -3.53. The molecular formula is C22H26N2O4S. The van der Waals surface area contributed by atoms with Crippen LogP contribution in [0.4, 0.5) is 0 Å². The molecule has 7 heteroatoms. The van der Waals surface area contributed by atoms with Gasteiger partial charge in [0.2, 0.25) is 10.0 Å². The second-order valence-corrected chi connectivity index (χ2v) is 9.38. The second kappa shape index (κ2) is 8.16. The number of amides is 1. The van der Waals surface area contributed by atoms with Crippen molar-refractivity contribution in [3.05, 3.63) is 59.2 Å². The number of sulfonamides is 1. The number of hydrogen-bond donors (Lipinski definition) is 0. The summed E-state index contributed by atoms with van der Waals surface area (Å²) in [6, 6.07) is 12.6. The lowest BCUT2D eigenvalue weighted by molar-refractivity contribution is 0.0698. The van der Waals surface area contributed by atoms with Crippen LogP contribution in [0, 0.1) is 0 Å². The van der Waals surface area contributed by atoms with Gasteiger partial charge in [0, 0.05) is 31.7 Å². The van der Waals surface area contributed by atoms with E-state index in [1.165, 1.54) is 9.87 Å². The fourth-order valence-electron chi connectivity index (χ4n) is 4.03. The van der Waals surface area contributed by atoms with Crippen molar-refractivity contribution < 1.29 is 17.9 Å². The minimum Gasteiger partial charge on any atom is -0.494 e. The summed E-state index contributed by atoms with van der Waals surface area (Å²) in [6.07, 6.45) is 3.07. The smallest absolute Gasteiger partial charge is 0.253 e. The van der Waals surface area contributed by atoms with Crippen molar-refractivity contribution in [2.75, 3.05) is 32.8 Å². The highest BCUT2D eigenvalue weighted by atomic mass is 32.2. The Labute approximate surface area is 172 Å². The quantitative estimate of drug-likeness (QED) is 0.755. The van der Waals surface area contributed by atoms with Crippen LogP contribution < -0.4 is 4.74 Å². The van der Waals surface area contributed by atoms with Gasteiger partial charge in [0.1, 0.15) is 5.75 Å². The van der Waals surface area contributed by atoms with E-state index in [0.29, 0.717) is 43.2 Å². The minimum absolute atomic E-state index is 0.0809. The monoisotopic (exact) mass is 414 g/mol. The number of ether oxygens (including phenoxy) is 1. The van der Waals surface area contributed by atoms with Gasteiger partial charge in [-0.1, -0.05) is 6.07 Å². The molecule has 2 aromatic carbocycles. The van der Waals surface area contributed by atoms with E-state index in [0.717, 1.165) is 30.6 Å². The van der Waals surface area contributed by atoms with Crippen LogP contribution in [0.25, 0.3) is 0 Å². The standard InChI is InChI=1S/C22H26N2O4S/c1-2-28-20-9-6-18(7-10-20)22(25)23-12-14-24(15-13-23)29(26,27)21-11-8-17-4-3-5-19(17)16-21/h6-11,16H,2-5,12-15H2,1H3. The van der Waals surface area contributed by atoms with Crippen LogP contribution in [0.3, 0.4) is 0 Å². The Kier molecular flexibility index (Phi) is 5.61. The minimum atomic E-state index is -3.53. The zero-order chi connectivity index (χ0) is 20.4. The zero-order valence-electron chi connectivity index (χ0n) is 16.6. The van der Waals surface area contributed by atoms with E-state index in [4.69, 9.17) is 4.74 Å². The highest BCUT2D eigenvalue weighted by molar-refractivity contribution is 7.89. The van der Waals surface area contributed by atoms with E-state index in [1.807, 2.05) is 19.1 Å². The highest BCUT2D eigenvalue weighted by Gasteiger charge is 2.31. The summed E-state index contributed by atoms with van der Waals surface area (Å²) in [5, 5.41) is 0. The lowest BCUT2D eigenvalue weighted by Gasteiger charge is -2.34. The van der Waals surface area contributed by atoms with Crippen molar-refractivity contribution >= 4 is 15.9 Å². The van der Waals surface area contributed by atoms with Crippen molar-refractivity contribution in [3.8, 4) is 5.75 Å². The zero-order valence-corrected chi connectivity index (χ0v) is 17.5. The average molecular weight is 415 g/mol. The molecule has 0 N–H and O–H groups in total. The average Bonchev–Trinajstić information content (AvgIpc) is 3.22. The van der Waals surface area contributed by atoms with E-state index in [-0.39, 0.29) is 5.91 Å². The third-order valence-electron chi connectivity index (χ3n) is 5.65. The summed E-state index contributed by atoms with van der Waals surface area (Å²) in [4.78, 5) is 14.8. The molecule has 0 bridgehead atoms. The Hall–Kier alpha value is -2.38. The van der Waals surface area contributed by atoms with Gasteiger partial charge in [-0.15, -0.1) is 0 Å². The fraction of sp³-hybridized carbons (Fsp3) is 0.409. The van der Waals surface area contributed by atoms with Crippen LogP contribution in [0.1, 0.15) is 34.8 Å². The van der Waals surface area contributed by atoms with Gasteiger partial charge in [-0.25, -0.2) is 8.42 Å². The molecule has 1 amide bonds. The van der Waals surface area contributed by atoms with Gasteiger partial charge < -0.3 is 9.64 Å². The number of carbonyl (C=O) groups is 1. The van der Waals surface area contributed by atoms with Crippen molar-refractivity contribution in [1.82, 2.24) is 9.21 Å². The van der Waals surface area contributed by atoms with Crippen LogP contribution in [0.5, 0.6) is 5.75 Å². The molecule has 0 aromatic heterocycles. The molecule has 4 rings (SSSR count). The Morgan fingerprint density at radius 3 is 2.34 bits per heavy atom. The van der Waals surface area contributed by atoms with Crippen LogP contribution in [0.2, 0.25) is 0 Å². The molecule has 0 unspecified atom stereocenters. The Balaban J connectivity index is 1.41. The maximum absolute atomic E-state index is 13.0. The Bertz CT molecular complexity index is 994. The third kappa shape index (κ3) is 4.02. The van der Waals surface area contributed by atoms with Crippen LogP contribution in [0.15, 0.2) is 47.4 Å². The third-order valence-corrected chi connectivity index (χ3v) is 7.54. The molecule has 1 heterocycles. The predicted octanol–water partition coefficient (Wildman–Crippen LogP) is 2.72. The maximum Gasteiger partial charge on any atom is 0.253 e. The SMILES string of the molecule is CCOc1ccc(C(=O)N2CCN(S(=O)(=O)c3ccc4c(c3)CCC4)CC2)cc1. The normalized spacial score (nSPS) is 17.2. The molecule has 1 aliphatic carbocycles. The van der Waals surface area contributed by atoms with E-state index in [1.54, 1.807) is 35.2 Å². The van der Waals surface area contributed by atoms with Crippen molar-refractivity contribution in [2.45, 2.75) is 31.1 Å². The lowest BCUT2D eigenvalue weighted by atomic mass is 10.1. The molecule has 1 aliphatic heterocycles. The van der Waals surface area contributed by atoms with Crippen LogP contribution in [-0.4, -0.2) is 56.3 Å². The van der Waals surface area contributed by atoms with Gasteiger partial charge in [-0.05, 0) is 73.7 Å². The first-order chi connectivity index (χ1) is 14.0. The molecule has 0 saturated carbocycles. The Morgan fingerprint density at radius 1 is 0.966 bits per heavy atom. The summed E-state index contributed by atoms with van der Waals surface area (Å²) in [5.41, 5.74) is 2.99. The second-order valence-electron chi connectivity index (χ2n) is 7.44. The van der Waals surface area contributed by atoms with Gasteiger partial charge in [-0.2, -0.15) is 4.31 Å². The van der Waals surface area contributed by atoms with E-state index in [2.05, 4.69) is 0 Å². The van der Waals surface area contributed by atoms with Gasteiger partial charge in [0.05, 0.1) is 11.5 Å². The maximum atomic E-state index is 13.0. The fourth-order valence-corrected chi connectivity index (χ4v) is 5.51. The predicted molar refractivity (Wildman–Crippen MR) is 111 cm³/mol. The summed E-state index contributed by atoms with van der Waals surface area (Å²) >= 11 is 0. The van der Waals surface area contributed by atoms with Gasteiger partial charge in [0.15, 0.2) is 0 Å². The first kappa shape index (κ1) is 19.9. The molecule has 29 heavy (non-hydrogen) atoms. The van der Waals surface area contributed by atoms with Gasteiger partial charge in [-0.3, -0.25) is 4.79 Å². The largest absolute Gasteiger partial charge is 0.494 e. The number of piperazine rings is 1. The molecule has 1 saturated heterocycles. The van der Waals surface area contributed by atoms with Crippen molar-refractivity contribution in [2.24, 2.45) is 0 Å². The molecule has 6 nitrogen and oxygen atoms in total. The summed E-state index contributed by atoms with van der Waals surface area (Å²) < 4.78 is 33.0. The molecule has 0 spiro atoms. The molecule has 154 valence electrons. The van der Waals surface area contributed by atoms with E-state index < -0.39 is 10.0 Å². The number of hydrogen-bond acceptors (Lipinski definition) is 4. The lowest BCUT2D eigenvalue weighted by Crippen LogP contribution is -2.50. The molecular weight excluding hydrogens is 388 g/mol. The van der Waals surface area contributed by atoms with E-state index >= 15 is 0 Å². The number of benzene rings is 2. The molecule has 0 atom stereocenters. The highest BCUT2D eigenvalue weighted by Crippen LogP contribution is 2.27. The first-order valence-corrected chi connectivity index (χ1v) is 11.6. The molecule has 1 fully saturated rings. The number of aryl methyl sites for hydroxylation is 2. The first-order valence-electron chi connectivity index (χ1n) is 10.1. The van der Waals surface area contributed by atoms with Crippen molar-refractivity contribution in [3.63, 3.8) is 0 Å². The van der Waals surface area contributed by atoms with Gasteiger partial charge >= 0.3 is 0 Å². The van der Waals surface area contributed by atoms with E-state index in [9.17, 15) is 13.2 Å². The molecule has 2 aromatic rings. The molecule has 2 aliphatic rings. The number of fused-ring (bicyclic) bond motifs is 1. The summed E-state index contributed by atoms with van der Waals surface area (Å²) in [6.45, 7) is 3.88. The Morgan fingerprint density at radius 2 is 1.66 bits per heavy atom. The molecule has 0 radical (unpaired) electrons. The number of nitrogens with zero attached hydrogens (tertiary/aromatic N) is 2. The number of carbonyl (C=O) groups excluding carboxylic acids is 1. The van der Waals surface area contributed by atoms with Crippen molar-refractivity contribution in [1.29, 1.82) is 0 Å². The van der Waals surface area contributed by atoms with Gasteiger partial charge in [0.25, 0.3) is 5.91 Å². The summed E-state index contributed by atoms with van der Waals surface area (Å²) in [5.74, 6) is 0.650.